The topological polar surface area (TPSA) is 0 Å². The van der Waals surface area contributed by atoms with Crippen LogP contribution in [-0.4, -0.2) is 0 Å². The monoisotopic (exact) mass is 224 g/mol. The van der Waals surface area contributed by atoms with Crippen molar-refractivity contribution in [3.63, 3.8) is 0 Å². The van der Waals surface area contributed by atoms with E-state index in [-0.39, 0.29) is 0 Å². The van der Waals surface area contributed by atoms with Crippen LogP contribution in [0.4, 0.5) is 0 Å². The average Bonchev–Trinajstić information content (AvgIpc) is 2.26. The highest BCUT2D eigenvalue weighted by molar-refractivity contribution is 4.90. The van der Waals surface area contributed by atoms with Gasteiger partial charge < -0.3 is 0 Å². The Morgan fingerprint density at radius 2 is 1.31 bits per heavy atom. The summed E-state index contributed by atoms with van der Waals surface area (Å²) in [7, 11) is 0. The maximum atomic E-state index is 2.45. The highest BCUT2D eigenvalue weighted by Gasteiger charge is 2.41. The molecule has 1 saturated carbocycles. The van der Waals surface area contributed by atoms with E-state index in [9.17, 15) is 0 Å². The van der Waals surface area contributed by atoms with Crippen molar-refractivity contribution in [1.29, 1.82) is 0 Å². The molecular formula is C16H32. The summed E-state index contributed by atoms with van der Waals surface area (Å²) in [5.41, 5.74) is 0. The molecule has 0 spiro atoms. The Kier molecular flexibility index (Phi) is 4.88. The predicted molar refractivity (Wildman–Crippen MR) is 73.4 cm³/mol. The van der Waals surface area contributed by atoms with Crippen LogP contribution in [0.15, 0.2) is 0 Å². The molecule has 0 aromatic rings. The molecule has 16 heavy (non-hydrogen) atoms. The minimum atomic E-state index is 0.838. The minimum Gasteiger partial charge on any atom is -0.0625 e. The van der Waals surface area contributed by atoms with Gasteiger partial charge >= 0.3 is 0 Å². The first-order valence-corrected chi connectivity index (χ1v) is 7.36. The number of hydrogen-bond donors (Lipinski definition) is 0. The van der Waals surface area contributed by atoms with Gasteiger partial charge in [-0.1, -0.05) is 54.9 Å². The van der Waals surface area contributed by atoms with Gasteiger partial charge in [0.1, 0.15) is 0 Å². The summed E-state index contributed by atoms with van der Waals surface area (Å²) in [4.78, 5) is 0. The molecular weight excluding hydrogens is 192 g/mol. The lowest BCUT2D eigenvalue weighted by molar-refractivity contribution is 0.00374. The van der Waals surface area contributed by atoms with Crippen LogP contribution in [0.25, 0.3) is 0 Å². The normalized spacial score (nSPS) is 38.2. The molecule has 1 aliphatic rings. The summed E-state index contributed by atoms with van der Waals surface area (Å²) in [6, 6.07) is 0. The second kappa shape index (κ2) is 5.56. The van der Waals surface area contributed by atoms with Gasteiger partial charge in [0.25, 0.3) is 0 Å². The third-order valence-electron chi connectivity index (χ3n) is 5.91. The molecule has 1 fully saturated rings. The Morgan fingerprint density at radius 3 is 1.75 bits per heavy atom. The minimum absolute atomic E-state index is 0.838. The first-order chi connectivity index (χ1) is 7.36. The van der Waals surface area contributed by atoms with Crippen molar-refractivity contribution in [3.8, 4) is 0 Å². The van der Waals surface area contributed by atoms with Crippen LogP contribution in [0.2, 0.25) is 0 Å². The summed E-state index contributed by atoms with van der Waals surface area (Å²) in [5.74, 6) is 6.52. The van der Waals surface area contributed by atoms with Gasteiger partial charge in [-0.3, -0.25) is 0 Å². The van der Waals surface area contributed by atoms with Crippen LogP contribution in [0.1, 0.15) is 61.3 Å². The molecule has 0 heterocycles. The quantitative estimate of drug-likeness (QED) is 0.599. The molecule has 0 saturated heterocycles. The maximum absolute atomic E-state index is 2.45. The van der Waals surface area contributed by atoms with E-state index < -0.39 is 0 Å². The van der Waals surface area contributed by atoms with Crippen molar-refractivity contribution in [3.05, 3.63) is 0 Å². The van der Waals surface area contributed by atoms with Crippen LogP contribution >= 0.6 is 0 Å². The van der Waals surface area contributed by atoms with E-state index in [4.69, 9.17) is 0 Å². The Morgan fingerprint density at radius 1 is 0.812 bits per heavy atom. The molecule has 1 aliphatic carbocycles. The van der Waals surface area contributed by atoms with E-state index in [0.29, 0.717) is 0 Å². The van der Waals surface area contributed by atoms with Gasteiger partial charge in [-0.15, -0.1) is 0 Å². The molecule has 0 aromatic carbocycles. The smallest absolute Gasteiger partial charge is 0.0357 e. The van der Waals surface area contributed by atoms with Crippen molar-refractivity contribution in [2.45, 2.75) is 61.3 Å². The largest absolute Gasteiger partial charge is 0.0625 e. The highest BCUT2D eigenvalue weighted by Crippen LogP contribution is 2.48. The van der Waals surface area contributed by atoms with E-state index >= 15 is 0 Å². The fraction of sp³-hybridized carbons (Fsp3) is 1.00. The van der Waals surface area contributed by atoms with Gasteiger partial charge in [0.15, 0.2) is 0 Å². The van der Waals surface area contributed by atoms with Gasteiger partial charge in [-0.05, 0) is 47.8 Å². The zero-order valence-corrected chi connectivity index (χ0v) is 12.5. The zero-order chi connectivity index (χ0) is 12.5. The van der Waals surface area contributed by atoms with Gasteiger partial charge in [0, 0.05) is 0 Å². The average molecular weight is 224 g/mol. The molecule has 4 atom stereocenters. The first kappa shape index (κ1) is 14.1. The molecule has 0 aromatic heterocycles. The van der Waals surface area contributed by atoms with Crippen LogP contribution in [-0.2, 0) is 0 Å². The van der Waals surface area contributed by atoms with Gasteiger partial charge in [-0.2, -0.15) is 0 Å². The standard InChI is InChI=1S/C16H32/c1-10(2)12(4)11(3)8-9-16-14(6)13(5)15(16)7/h10-16H,8-9H2,1-7H3. The summed E-state index contributed by atoms with van der Waals surface area (Å²) in [5, 5.41) is 0. The molecule has 0 aliphatic heterocycles. The molecule has 0 N–H and O–H groups in total. The van der Waals surface area contributed by atoms with E-state index in [0.717, 1.165) is 41.4 Å². The predicted octanol–water partition coefficient (Wildman–Crippen LogP) is 5.23. The van der Waals surface area contributed by atoms with Crippen LogP contribution in [0.5, 0.6) is 0 Å². The van der Waals surface area contributed by atoms with Crippen molar-refractivity contribution < 1.29 is 0 Å². The fourth-order valence-electron chi connectivity index (χ4n) is 3.49. The first-order valence-electron chi connectivity index (χ1n) is 7.36. The Labute approximate surface area is 103 Å². The molecule has 0 nitrogen and oxygen atoms in total. The Balaban J connectivity index is 2.30. The lowest BCUT2D eigenvalue weighted by Gasteiger charge is -2.48. The summed E-state index contributed by atoms with van der Waals surface area (Å²) in [6.45, 7) is 16.9. The fourth-order valence-corrected chi connectivity index (χ4v) is 3.49. The van der Waals surface area contributed by atoms with Gasteiger partial charge in [-0.25, -0.2) is 0 Å². The Bertz CT molecular complexity index is 196. The molecule has 4 unspecified atom stereocenters. The van der Waals surface area contributed by atoms with Gasteiger partial charge in [0.2, 0.25) is 0 Å². The van der Waals surface area contributed by atoms with Crippen molar-refractivity contribution >= 4 is 0 Å². The lowest BCUT2D eigenvalue weighted by Crippen LogP contribution is -2.42. The Hall–Kier alpha value is 0. The second-order valence-corrected chi connectivity index (χ2v) is 6.90. The lowest BCUT2D eigenvalue weighted by atomic mass is 9.57. The van der Waals surface area contributed by atoms with Crippen LogP contribution in [0, 0.1) is 41.4 Å². The third kappa shape index (κ3) is 2.81. The second-order valence-electron chi connectivity index (χ2n) is 6.90. The third-order valence-corrected chi connectivity index (χ3v) is 5.91. The van der Waals surface area contributed by atoms with Gasteiger partial charge in [0.05, 0.1) is 0 Å². The van der Waals surface area contributed by atoms with Crippen molar-refractivity contribution in [2.24, 2.45) is 41.4 Å². The molecule has 96 valence electrons. The zero-order valence-electron chi connectivity index (χ0n) is 12.5. The maximum Gasteiger partial charge on any atom is -0.0357 e. The summed E-state index contributed by atoms with van der Waals surface area (Å²) >= 11 is 0. The molecule has 0 bridgehead atoms. The summed E-state index contributed by atoms with van der Waals surface area (Å²) in [6.07, 6.45) is 2.90. The van der Waals surface area contributed by atoms with E-state index in [1.807, 2.05) is 0 Å². The van der Waals surface area contributed by atoms with E-state index in [1.54, 1.807) is 0 Å². The van der Waals surface area contributed by atoms with Crippen molar-refractivity contribution in [1.82, 2.24) is 0 Å². The van der Waals surface area contributed by atoms with Crippen molar-refractivity contribution in [2.75, 3.05) is 0 Å². The molecule has 0 amide bonds. The SMILES string of the molecule is CC(C)C(C)C(C)CCC1C(C)C(C)C1C. The number of hydrogen-bond acceptors (Lipinski definition) is 0. The molecule has 0 radical (unpaired) electrons. The van der Waals surface area contributed by atoms with Crippen LogP contribution < -0.4 is 0 Å². The van der Waals surface area contributed by atoms with Crippen LogP contribution in [0.3, 0.4) is 0 Å². The van der Waals surface area contributed by atoms with E-state index in [1.165, 1.54) is 12.8 Å². The highest BCUT2D eigenvalue weighted by atomic mass is 14.5. The number of rotatable bonds is 5. The molecule has 1 rings (SSSR count). The van der Waals surface area contributed by atoms with E-state index in [2.05, 4.69) is 48.5 Å². The summed E-state index contributed by atoms with van der Waals surface area (Å²) < 4.78 is 0. The molecule has 0 heteroatoms.